The first-order valence-corrected chi connectivity index (χ1v) is 9.11. The quantitative estimate of drug-likeness (QED) is 0.797. The van der Waals surface area contributed by atoms with E-state index in [0.717, 1.165) is 18.9 Å². The Bertz CT molecular complexity index is 820. The maximum absolute atomic E-state index is 13.7. The number of carboxylic acids is 1. The predicted molar refractivity (Wildman–Crippen MR) is 98.3 cm³/mol. The predicted octanol–water partition coefficient (Wildman–Crippen LogP) is 4.74. The van der Waals surface area contributed by atoms with E-state index >= 15 is 0 Å². The lowest BCUT2D eigenvalue weighted by atomic mass is 9.89. The maximum Gasteiger partial charge on any atom is 0.416 e. The van der Waals surface area contributed by atoms with Crippen LogP contribution in [0.15, 0.2) is 48.5 Å². The van der Waals surface area contributed by atoms with Crippen LogP contribution in [0.2, 0.25) is 0 Å². The fourth-order valence-corrected chi connectivity index (χ4v) is 3.86. The number of nitrogens with zero attached hydrogens (tertiary/aromatic N) is 1. The Balaban J connectivity index is 2.16. The number of benzene rings is 2. The standard InChI is InChI=1S/C21H22F3NO3/c1-28-15-11-9-14(10-12-15)19(25-13-5-4-8-18(25)20(26)27)16-6-2-3-7-17(16)21(22,23)24/h2-3,6-7,9-12,18-19H,4-5,8,13H2,1H3,(H,26,27). The number of likely N-dealkylation sites (tertiary alicyclic amines) is 1. The number of hydrogen-bond donors (Lipinski definition) is 1. The fourth-order valence-electron chi connectivity index (χ4n) is 3.86. The van der Waals surface area contributed by atoms with E-state index in [1.807, 2.05) is 0 Å². The molecular formula is C21H22F3NO3. The number of carbonyl (C=O) groups is 1. The second-order valence-electron chi connectivity index (χ2n) is 6.85. The van der Waals surface area contributed by atoms with E-state index in [9.17, 15) is 23.1 Å². The highest BCUT2D eigenvalue weighted by Gasteiger charge is 2.40. The summed E-state index contributed by atoms with van der Waals surface area (Å²) < 4.78 is 46.3. The molecule has 1 fully saturated rings. The second-order valence-corrected chi connectivity index (χ2v) is 6.85. The number of aliphatic carboxylic acids is 1. The Morgan fingerprint density at radius 3 is 2.43 bits per heavy atom. The highest BCUT2D eigenvalue weighted by atomic mass is 19.4. The van der Waals surface area contributed by atoms with Crippen LogP contribution in [0.1, 0.15) is 42.0 Å². The number of alkyl halides is 3. The van der Waals surface area contributed by atoms with E-state index < -0.39 is 29.8 Å². The van der Waals surface area contributed by atoms with Gasteiger partial charge in [-0.15, -0.1) is 0 Å². The Kier molecular flexibility index (Phi) is 5.93. The maximum atomic E-state index is 13.7. The summed E-state index contributed by atoms with van der Waals surface area (Å²) in [6.45, 7) is 0.417. The third-order valence-electron chi connectivity index (χ3n) is 5.15. The van der Waals surface area contributed by atoms with Gasteiger partial charge in [0, 0.05) is 0 Å². The van der Waals surface area contributed by atoms with E-state index in [0.29, 0.717) is 24.3 Å². The van der Waals surface area contributed by atoms with Gasteiger partial charge >= 0.3 is 12.1 Å². The monoisotopic (exact) mass is 393 g/mol. The number of methoxy groups -OCH3 is 1. The Morgan fingerprint density at radius 1 is 1.14 bits per heavy atom. The van der Waals surface area contributed by atoms with Crippen molar-refractivity contribution in [3.63, 3.8) is 0 Å². The highest BCUT2D eigenvalue weighted by molar-refractivity contribution is 5.73. The van der Waals surface area contributed by atoms with Crippen molar-refractivity contribution < 1.29 is 27.8 Å². The summed E-state index contributed by atoms with van der Waals surface area (Å²) in [7, 11) is 1.51. The van der Waals surface area contributed by atoms with Gasteiger partial charge in [-0.25, -0.2) is 0 Å². The molecule has 0 bridgehead atoms. The molecule has 7 heteroatoms. The van der Waals surface area contributed by atoms with E-state index in [2.05, 4.69) is 0 Å². The summed E-state index contributed by atoms with van der Waals surface area (Å²) in [5.41, 5.74) is -0.0792. The number of hydrogen-bond acceptors (Lipinski definition) is 3. The van der Waals surface area contributed by atoms with Crippen molar-refractivity contribution in [1.82, 2.24) is 4.90 Å². The van der Waals surface area contributed by atoms with Crippen LogP contribution in [-0.2, 0) is 11.0 Å². The van der Waals surface area contributed by atoms with Gasteiger partial charge in [0.05, 0.1) is 18.7 Å². The minimum absolute atomic E-state index is 0.0633. The fraction of sp³-hybridized carbons (Fsp3) is 0.381. The van der Waals surface area contributed by atoms with Crippen LogP contribution in [0.4, 0.5) is 13.2 Å². The molecule has 2 aromatic rings. The summed E-state index contributed by atoms with van der Waals surface area (Å²) in [6, 6.07) is 10.5. The molecule has 0 saturated carbocycles. The number of carboxylic acid groups (broad SMARTS) is 1. The average molecular weight is 393 g/mol. The van der Waals surface area contributed by atoms with Gasteiger partial charge in [0.2, 0.25) is 0 Å². The van der Waals surface area contributed by atoms with Gasteiger partial charge in [-0.2, -0.15) is 13.2 Å². The summed E-state index contributed by atoms with van der Waals surface area (Å²) in [4.78, 5) is 13.5. The summed E-state index contributed by atoms with van der Waals surface area (Å²) in [5, 5.41) is 9.68. The largest absolute Gasteiger partial charge is 0.497 e. The number of piperidine rings is 1. The molecule has 2 aromatic carbocycles. The zero-order valence-electron chi connectivity index (χ0n) is 15.4. The summed E-state index contributed by atoms with van der Waals surface area (Å²) in [5.74, 6) is -0.428. The first kappa shape index (κ1) is 20.2. The number of ether oxygens (including phenoxy) is 1. The van der Waals surface area contributed by atoms with Crippen molar-refractivity contribution >= 4 is 5.97 Å². The molecule has 0 aromatic heterocycles. The number of rotatable bonds is 5. The van der Waals surface area contributed by atoms with Crippen LogP contribution in [0, 0.1) is 0 Å². The van der Waals surface area contributed by atoms with Crippen molar-refractivity contribution in [2.45, 2.75) is 37.5 Å². The lowest BCUT2D eigenvalue weighted by Gasteiger charge is -2.40. The average Bonchev–Trinajstić information content (AvgIpc) is 2.68. The van der Waals surface area contributed by atoms with Gasteiger partial charge in [0.25, 0.3) is 0 Å². The molecule has 1 N–H and O–H groups in total. The van der Waals surface area contributed by atoms with Gasteiger partial charge < -0.3 is 9.84 Å². The van der Waals surface area contributed by atoms with E-state index in [1.54, 1.807) is 35.2 Å². The molecule has 150 valence electrons. The SMILES string of the molecule is COc1ccc(C(c2ccccc2C(F)(F)F)N2CCCCC2C(=O)O)cc1. The van der Waals surface area contributed by atoms with Crippen LogP contribution >= 0.6 is 0 Å². The molecule has 2 unspecified atom stereocenters. The van der Waals surface area contributed by atoms with Gasteiger partial charge in [0.15, 0.2) is 0 Å². The Labute approximate surface area is 161 Å². The first-order valence-electron chi connectivity index (χ1n) is 9.11. The molecule has 0 amide bonds. The molecule has 1 aliphatic heterocycles. The molecule has 4 nitrogen and oxygen atoms in total. The molecule has 28 heavy (non-hydrogen) atoms. The second kappa shape index (κ2) is 8.22. The molecule has 2 atom stereocenters. The molecular weight excluding hydrogens is 371 g/mol. The Morgan fingerprint density at radius 2 is 1.82 bits per heavy atom. The zero-order valence-corrected chi connectivity index (χ0v) is 15.4. The third kappa shape index (κ3) is 4.14. The van der Waals surface area contributed by atoms with Gasteiger partial charge in [0.1, 0.15) is 11.8 Å². The number of halogens is 3. The molecule has 1 saturated heterocycles. The topological polar surface area (TPSA) is 49.8 Å². The van der Waals surface area contributed by atoms with Crippen molar-refractivity contribution in [3.05, 3.63) is 65.2 Å². The van der Waals surface area contributed by atoms with Crippen molar-refractivity contribution in [1.29, 1.82) is 0 Å². The molecule has 0 aliphatic carbocycles. The highest BCUT2D eigenvalue weighted by Crippen LogP contribution is 2.41. The lowest BCUT2D eigenvalue weighted by Crippen LogP contribution is -2.47. The van der Waals surface area contributed by atoms with Crippen LogP contribution in [0.25, 0.3) is 0 Å². The lowest BCUT2D eigenvalue weighted by molar-refractivity contribution is -0.145. The van der Waals surface area contributed by atoms with E-state index in [1.165, 1.54) is 19.2 Å². The van der Waals surface area contributed by atoms with E-state index in [4.69, 9.17) is 4.74 Å². The molecule has 0 spiro atoms. The zero-order chi connectivity index (χ0) is 20.3. The third-order valence-corrected chi connectivity index (χ3v) is 5.15. The first-order chi connectivity index (χ1) is 13.3. The smallest absolute Gasteiger partial charge is 0.416 e. The van der Waals surface area contributed by atoms with Crippen molar-refractivity contribution in [2.24, 2.45) is 0 Å². The minimum Gasteiger partial charge on any atom is -0.497 e. The summed E-state index contributed by atoms with van der Waals surface area (Å²) in [6.07, 6.45) is -2.64. The molecule has 0 radical (unpaired) electrons. The minimum atomic E-state index is -4.53. The van der Waals surface area contributed by atoms with Crippen LogP contribution < -0.4 is 4.74 Å². The normalized spacial score (nSPS) is 19.2. The van der Waals surface area contributed by atoms with Gasteiger partial charge in [-0.1, -0.05) is 36.8 Å². The van der Waals surface area contributed by atoms with Crippen molar-refractivity contribution in [2.75, 3.05) is 13.7 Å². The molecule has 1 heterocycles. The van der Waals surface area contributed by atoms with Crippen LogP contribution in [0.5, 0.6) is 5.75 Å². The van der Waals surface area contributed by atoms with Gasteiger partial charge in [-0.05, 0) is 48.7 Å². The van der Waals surface area contributed by atoms with Crippen molar-refractivity contribution in [3.8, 4) is 5.75 Å². The molecule has 3 rings (SSSR count). The van der Waals surface area contributed by atoms with E-state index in [-0.39, 0.29) is 5.56 Å². The molecule has 1 aliphatic rings. The summed E-state index contributed by atoms with van der Waals surface area (Å²) >= 11 is 0. The Hall–Kier alpha value is -2.54. The van der Waals surface area contributed by atoms with Crippen LogP contribution in [0.3, 0.4) is 0 Å². The van der Waals surface area contributed by atoms with Gasteiger partial charge in [-0.3, -0.25) is 9.69 Å². The van der Waals surface area contributed by atoms with Crippen LogP contribution in [-0.4, -0.2) is 35.7 Å².